The van der Waals surface area contributed by atoms with Crippen LogP contribution in [-0.2, 0) is 0 Å². The largest absolute Gasteiger partial charge is 0.478 e. The Morgan fingerprint density at radius 1 is 1.77 bits per heavy atom. The molecule has 0 saturated carbocycles. The molecule has 5 nitrogen and oxygen atoms in total. The van der Waals surface area contributed by atoms with Crippen molar-refractivity contribution in [3.05, 3.63) is 18.0 Å². The van der Waals surface area contributed by atoms with Gasteiger partial charge in [-0.25, -0.2) is 4.79 Å². The highest BCUT2D eigenvalue weighted by Crippen LogP contribution is 2.14. The Bertz CT molecular complexity index is 315. The number of nitrogens with one attached hydrogen (secondary N) is 1. The maximum atomic E-state index is 10.6. The second-order valence-electron chi connectivity index (χ2n) is 3.16. The van der Waals surface area contributed by atoms with Crippen LogP contribution in [0.5, 0.6) is 0 Å². The topological polar surface area (TPSA) is 67.1 Å². The number of carboxylic acid groups (broad SMARTS) is 1. The van der Waals surface area contributed by atoms with Crippen molar-refractivity contribution in [3.63, 3.8) is 0 Å². The lowest BCUT2D eigenvalue weighted by Gasteiger charge is -2.07. The molecule has 0 spiro atoms. The van der Waals surface area contributed by atoms with Crippen LogP contribution >= 0.6 is 0 Å². The molecule has 2 rings (SSSR count). The van der Waals surface area contributed by atoms with Gasteiger partial charge in [-0.2, -0.15) is 5.10 Å². The third kappa shape index (κ3) is 1.55. The number of nitrogens with zero attached hydrogens (tertiary/aromatic N) is 2. The van der Waals surface area contributed by atoms with Gasteiger partial charge in [0.2, 0.25) is 0 Å². The highest BCUT2D eigenvalue weighted by Gasteiger charge is 2.18. The molecule has 1 fully saturated rings. The summed E-state index contributed by atoms with van der Waals surface area (Å²) in [4.78, 5) is 10.6. The summed E-state index contributed by atoms with van der Waals surface area (Å²) in [5.41, 5.74) is 0.256. The SMILES string of the molecule is O=C(O)c1cnn(C2CCNC2)c1. The minimum atomic E-state index is -0.919. The predicted molar refractivity (Wildman–Crippen MR) is 45.7 cm³/mol. The Morgan fingerprint density at radius 2 is 2.62 bits per heavy atom. The van der Waals surface area contributed by atoms with Gasteiger partial charge >= 0.3 is 5.97 Å². The molecule has 1 saturated heterocycles. The first kappa shape index (κ1) is 8.25. The number of aromatic carboxylic acids is 1. The first-order chi connectivity index (χ1) is 6.27. The lowest BCUT2D eigenvalue weighted by molar-refractivity contribution is 0.0696. The lowest BCUT2D eigenvalue weighted by atomic mass is 10.3. The Hall–Kier alpha value is -1.36. The van der Waals surface area contributed by atoms with E-state index in [0.29, 0.717) is 6.04 Å². The van der Waals surface area contributed by atoms with Gasteiger partial charge in [-0.1, -0.05) is 0 Å². The van der Waals surface area contributed by atoms with E-state index in [9.17, 15) is 4.79 Å². The van der Waals surface area contributed by atoms with Crippen LogP contribution in [0.25, 0.3) is 0 Å². The number of hydrogen-bond donors (Lipinski definition) is 2. The van der Waals surface area contributed by atoms with Crippen LogP contribution in [0.2, 0.25) is 0 Å². The summed E-state index contributed by atoms with van der Waals surface area (Å²) in [5, 5.41) is 15.9. The highest BCUT2D eigenvalue weighted by molar-refractivity contribution is 5.86. The molecule has 1 aromatic heterocycles. The molecule has 1 aromatic rings. The molecular formula is C8H11N3O2. The standard InChI is InChI=1S/C8H11N3O2/c12-8(13)6-3-10-11(5-6)7-1-2-9-4-7/h3,5,7,9H,1-2,4H2,(H,12,13). The molecule has 70 valence electrons. The van der Waals surface area contributed by atoms with E-state index in [2.05, 4.69) is 10.4 Å². The van der Waals surface area contributed by atoms with E-state index in [1.165, 1.54) is 6.20 Å². The van der Waals surface area contributed by atoms with Gasteiger partial charge in [-0.3, -0.25) is 4.68 Å². The quantitative estimate of drug-likeness (QED) is 0.679. The molecule has 1 aliphatic heterocycles. The van der Waals surface area contributed by atoms with Crippen molar-refractivity contribution in [3.8, 4) is 0 Å². The average Bonchev–Trinajstić information content (AvgIpc) is 2.75. The van der Waals surface area contributed by atoms with Crippen LogP contribution < -0.4 is 5.32 Å². The number of rotatable bonds is 2. The van der Waals surface area contributed by atoms with E-state index in [-0.39, 0.29) is 5.56 Å². The molecule has 0 radical (unpaired) electrons. The van der Waals surface area contributed by atoms with Gasteiger partial charge in [-0.15, -0.1) is 0 Å². The molecule has 1 atom stereocenters. The van der Waals surface area contributed by atoms with Crippen LogP contribution in [0, 0.1) is 0 Å². The minimum Gasteiger partial charge on any atom is -0.478 e. The van der Waals surface area contributed by atoms with Gasteiger partial charge in [0.15, 0.2) is 0 Å². The molecule has 1 unspecified atom stereocenters. The van der Waals surface area contributed by atoms with Crippen molar-refractivity contribution < 1.29 is 9.90 Å². The minimum absolute atomic E-state index is 0.256. The van der Waals surface area contributed by atoms with Gasteiger partial charge in [0.05, 0.1) is 17.8 Å². The van der Waals surface area contributed by atoms with Crippen molar-refractivity contribution in [2.75, 3.05) is 13.1 Å². The summed E-state index contributed by atoms with van der Waals surface area (Å²) < 4.78 is 1.73. The summed E-state index contributed by atoms with van der Waals surface area (Å²) in [6.45, 7) is 1.85. The van der Waals surface area contributed by atoms with E-state index >= 15 is 0 Å². The Balaban J connectivity index is 2.16. The first-order valence-electron chi connectivity index (χ1n) is 4.25. The Kier molecular flexibility index (Phi) is 2.02. The van der Waals surface area contributed by atoms with Crippen molar-refractivity contribution >= 4 is 5.97 Å². The number of carboxylic acids is 1. The molecule has 0 aromatic carbocycles. The molecule has 0 amide bonds. The predicted octanol–water partition coefficient (Wildman–Crippen LogP) is 0.116. The fourth-order valence-corrected chi connectivity index (χ4v) is 1.51. The van der Waals surface area contributed by atoms with E-state index in [0.717, 1.165) is 19.5 Å². The normalized spacial score (nSPS) is 22.0. The van der Waals surface area contributed by atoms with E-state index in [4.69, 9.17) is 5.11 Å². The van der Waals surface area contributed by atoms with Crippen LogP contribution in [0.15, 0.2) is 12.4 Å². The second kappa shape index (κ2) is 3.18. The van der Waals surface area contributed by atoms with Crippen molar-refractivity contribution in [1.29, 1.82) is 0 Å². The number of carbonyl (C=O) groups is 1. The van der Waals surface area contributed by atoms with Crippen LogP contribution in [-0.4, -0.2) is 33.9 Å². The molecule has 0 bridgehead atoms. The van der Waals surface area contributed by atoms with Crippen LogP contribution in [0.4, 0.5) is 0 Å². The summed E-state index contributed by atoms with van der Waals surface area (Å²) in [6, 6.07) is 0.313. The van der Waals surface area contributed by atoms with Crippen LogP contribution in [0.1, 0.15) is 22.8 Å². The monoisotopic (exact) mass is 181 g/mol. The maximum absolute atomic E-state index is 10.6. The zero-order chi connectivity index (χ0) is 9.26. The lowest BCUT2D eigenvalue weighted by Crippen LogP contribution is -2.13. The number of hydrogen-bond acceptors (Lipinski definition) is 3. The molecule has 13 heavy (non-hydrogen) atoms. The van der Waals surface area contributed by atoms with Gasteiger partial charge < -0.3 is 10.4 Å². The summed E-state index contributed by atoms with van der Waals surface area (Å²) in [6.07, 6.45) is 3.99. The molecular weight excluding hydrogens is 170 g/mol. The molecule has 0 aliphatic carbocycles. The third-order valence-electron chi connectivity index (χ3n) is 2.26. The van der Waals surface area contributed by atoms with Crippen molar-refractivity contribution in [2.24, 2.45) is 0 Å². The van der Waals surface area contributed by atoms with Gasteiger partial charge in [0.25, 0.3) is 0 Å². The fourth-order valence-electron chi connectivity index (χ4n) is 1.51. The number of aromatic nitrogens is 2. The summed E-state index contributed by atoms with van der Waals surface area (Å²) in [5.74, 6) is -0.919. The molecule has 1 aliphatic rings. The van der Waals surface area contributed by atoms with Gasteiger partial charge in [-0.05, 0) is 13.0 Å². The zero-order valence-corrected chi connectivity index (χ0v) is 7.10. The fraction of sp³-hybridized carbons (Fsp3) is 0.500. The van der Waals surface area contributed by atoms with E-state index in [1.807, 2.05) is 0 Å². The average molecular weight is 181 g/mol. The maximum Gasteiger partial charge on any atom is 0.338 e. The Labute approximate surface area is 75.4 Å². The molecule has 2 heterocycles. The molecule has 5 heteroatoms. The van der Waals surface area contributed by atoms with Crippen LogP contribution in [0.3, 0.4) is 0 Å². The smallest absolute Gasteiger partial charge is 0.338 e. The second-order valence-corrected chi connectivity index (χ2v) is 3.16. The van der Waals surface area contributed by atoms with E-state index in [1.54, 1.807) is 10.9 Å². The Morgan fingerprint density at radius 3 is 3.15 bits per heavy atom. The zero-order valence-electron chi connectivity index (χ0n) is 7.10. The van der Waals surface area contributed by atoms with Crippen molar-refractivity contribution in [2.45, 2.75) is 12.5 Å². The molecule has 2 N–H and O–H groups in total. The van der Waals surface area contributed by atoms with Gasteiger partial charge in [0.1, 0.15) is 0 Å². The van der Waals surface area contributed by atoms with E-state index < -0.39 is 5.97 Å². The van der Waals surface area contributed by atoms with Crippen molar-refractivity contribution in [1.82, 2.24) is 15.1 Å². The first-order valence-corrected chi connectivity index (χ1v) is 4.25. The third-order valence-corrected chi connectivity index (χ3v) is 2.26. The summed E-state index contributed by atoms with van der Waals surface area (Å²) >= 11 is 0. The highest BCUT2D eigenvalue weighted by atomic mass is 16.4. The summed E-state index contributed by atoms with van der Waals surface area (Å²) in [7, 11) is 0. The van der Waals surface area contributed by atoms with Gasteiger partial charge in [0, 0.05) is 12.7 Å².